The molecule has 339 valence electrons. The average molecular weight is 951 g/mol. The zero-order valence-electron chi connectivity index (χ0n) is 37.6. The van der Waals surface area contributed by atoms with E-state index in [2.05, 4.69) is 20.8 Å². The van der Waals surface area contributed by atoms with E-state index in [1.807, 2.05) is 36.4 Å². The molecule has 1 atom stereocenters. The third-order valence-electron chi connectivity index (χ3n) is 10.9. The van der Waals surface area contributed by atoms with Crippen molar-refractivity contribution >= 4 is 82.8 Å². The van der Waals surface area contributed by atoms with Crippen molar-refractivity contribution in [2.24, 2.45) is 0 Å². The first-order chi connectivity index (χ1) is 30.7. The number of Topliss-reactive ketones (excluding diaryl/α,β-unsaturated/α-hetero) is 1. The van der Waals surface area contributed by atoms with Crippen LogP contribution in [0, 0.1) is 11.6 Å². The number of fused-ring (bicyclic) bond motifs is 2. The van der Waals surface area contributed by atoms with E-state index in [4.69, 9.17) is 23.2 Å². The topological polar surface area (TPSA) is 172 Å². The van der Waals surface area contributed by atoms with Crippen molar-refractivity contribution in [3.63, 3.8) is 0 Å². The third kappa shape index (κ3) is 12.6. The molecule has 3 N–H and O–H groups in total. The van der Waals surface area contributed by atoms with Crippen LogP contribution in [0.15, 0.2) is 84.9 Å². The van der Waals surface area contributed by atoms with Gasteiger partial charge < -0.3 is 27.0 Å². The van der Waals surface area contributed by atoms with Gasteiger partial charge >= 0.3 is 29.6 Å². The summed E-state index contributed by atoms with van der Waals surface area (Å²) in [5, 5.41) is 25.6. The summed E-state index contributed by atoms with van der Waals surface area (Å²) in [6.45, 7) is 2.65. The zero-order valence-corrected chi connectivity index (χ0v) is 40.2. The Morgan fingerprint density at radius 1 is 0.712 bits per heavy atom. The fraction of sp³-hybridized carbons (Fsp3) is 0.326. The minimum atomic E-state index is -0.770. The zero-order chi connectivity index (χ0) is 45.7. The van der Waals surface area contributed by atoms with Gasteiger partial charge in [-0.05, 0) is 56.9 Å². The second kappa shape index (κ2) is 23.0. The van der Waals surface area contributed by atoms with Gasteiger partial charge in [-0.15, -0.1) is 0 Å². The first kappa shape index (κ1) is 51.8. The number of hydrogen-bond donors (Lipinski definition) is 3. The predicted octanol–water partition coefficient (Wildman–Crippen LogP) is 3.26. The van der Waals surface area contributed by atoms with Gasteiger partial charge in [0.25, 0.3) is 0 Å². The number of para-hydroxylation sites is 2. The van der Waals surface area contributed by atoms with Crippen LogP contribution in [0.2, 0.25) is 10.0 Å². The van der Waals surface area contributed by atoms with Gasteiger partial charge in [0.2, 0.25) is 23.6 Å². The molecule has 2 heterocycles. The second-order valence-corrected chi connectivity index (χ2v) is 16.6. The molecule has 6 aromatic rings. The van der Waals surface area contributed by atoms with Gasteiger partial charge in [-0.3, -0.25) is 33.3 Å². The van der Waals surface area contributed by atoms with E-state index in [-0.39, 0.29) is 141 Å². The molecule has 2 aliphatic carbocycles. The van der Waals surface area contributed by atoms with Crippen LogP contribution < -0.4 is 40.2 Å². The summed E-state index contributed by atoms with van der Waals surface area (Å²) in [5.74, 6) is -2.58. The molecular weight excluding hydrogens is 903 g/mol. The minimum Gasteiger partial charge on any atom is -1.00 e. The molecule has 20 heteroatoms. The molecule has 14 nitrogen and oxygen atoms in total. The van der Waals surface area contributed by atoms with Crippen molar-refractivity contribution in [3.8, 4) is 0 Å². The molecule has 3 radical (unpaired) electrons. The van der Waals surface area contributed by atoms with Crippen LogP contribution in [-0.2, 0) is 45.4 Å². The summed E-state index contributed by atoms with van der Waals surface area (Å²) in [5.41, 5.74) is 2.80. The second-order valence-electron chi connectivity index (χ2n) is 15.8. The minimum absolute atomic E-state index is 0. The van der Waals surface area contributed by atoms with Crippen LogP contribution in [0.5, 0.6) is 0 Å². The van der Waals surface area contributed by atoms with E-state index in [0.717, 1.165) is 36.6 Å². The van der Waals surface area contributed by atoms with Gasteiger partial charge in [0.05, 0.1) is 46.0 Å². The number of aliphatic hydroxyl groups is 1. The SMILES string of the molecule is CC(=O)c1nn(CC(=O)N(CC(=O)NCc2cccc(Cl)c2F)C2CC2)c2ccccc12.CC(O)c1nn(CC(=O)N(CC(=O)NCc2cccc(Cl)c2F)C2CC2)c2ccccc12.[B].[H-].[Na+]. The number of halogens is 4. The summed E-state index contributed by atoms with van der Waals surface area (Å²) >= 11 is 11.6. The molecule has 2 saturated carbocycles. The number of nitrogens with zero attached hydrogens (tertiary/aromatic N) is 6. The molecule has 0 aliphatic heterocycles. The van der Waals surface area contributed by atoms with Crippen LogP contribution >= 0.6 is 23.2 Å². The van der Waals surface area contributed by atoms with E-state index in [1.54, 1.807) is 52.9 Å². The number of aromatic nitrogens is 4. The number of hydrogen-bond acceptors (Lipinski definition) is 8. The molecule has 8 rings (SSSR count). The van der Waals surface area contributed by atoms with Crippen LogP contribution in [0.1, 0.15) is 74.4 Å². The number of benzene rings is 4. The predicted molar refractivity (Wildman–Crippen MR) is 243 cm³/mol. The van der Waals surface area contributed by atoms with Crippen LogP contribution in [-0.4, -0.2) is 97.5 Å². The smallest absolute Gasteiger partial charge is 1.00 e. The van der Waals surface area contributed by atoms with Gasteiger partial charge in [-0.1, -0.05) is 83.9 Å². The molecule has 4 aromatic carbocycles. The molecule has 0 bridgehead atoms. The number of nitrogens with one attached hydrogen (secondary N) is 2. The number of carbonyl (C=O) groups excluding carboxylic acids is 5. The summed E-state index contributed by atoms with van der Waals surface area (Å²) in [6, 6.07) is 23.8. The number of carbonyl (C=O) groups is 5. The Balaban J connectivity index is 0.000000280. The monoisotopic (exact) mass is 949 g/mol. The molecule has 2 fully saturated rings. The number of amides is 4. The first-order valence-corrected chi connectivity index (χ1v) is 21.5. The van der Waals surface area contributed by atoms with E-state index >= 15 is 0 Å². The number of aliphatic hydroxyl groups excluding tert-OH is 1. The van der Waals surface area contributed by atoms with E-state index in [0.29, 0.717) is 22.3 Å². The van der Waals surface area contributed by atoms with Crippen LogP contribution in [0.3, 0.4) is 0 Å². The summed E-state index contributed by atoms with van der Waals surface area (Å²) < 4.78 is 31.1. The van der Waals surface area contributed by atoms with Crippen LogP contribution in [0.4, 0.5) is 8.78 Å². The Hall–Kier alpha value is -5.17. The molecule has 4 amide bonds. The van der Waals surface area contributed by atoms with Crippen molar-refractivity contribution in [1.29, 1.82) is 0 Å². The fourth-order valence-electron chi connectivity index (χ4n) is 7.32. The van der Waals surface area contributed by atoms with Crippen molar-refractivity contribution in [2.45, 2.75) is 83.9 Å². The van der Waals surface area contributed by atoms with Crippen molar-refractivity contribution in [3.05, 3.63) is 129 Å². The maximum atomic E-state index is 14.0. The Kier molecular flexibility index (Phi) is 18.1. The number of ketones is 1. The van der Waals surface area contributed by atoms with Gasteiger partial charge in [0.1, 0.15) is 30.4 Å². The van der Waals surface area contributed by atoms with Gasteiger partial charge in [-0.2, -0.15) is 10.2 Å². The molecule has 0 spiro atoms. The quantitative estimate of drug-likeness (QED) is 0.0981. The summed E-state index contributed by atoms with van der Waals surface area (Å²) in [7, 11) is 0. The molecule has 2 aliphatic rings. The standard InChI is InChI=1S/C23H24ClFN4O3.C23H22ClFN4O3.B.Na.H/c2*1-14(30)23-17-6-2-3-8-19(17)29(27-23)13-21(32)28(16-9-10-16)12-20(31)26-11-15-5-4-7-18(24)22(15)25;;;/h2-8,14,16,30H,9-13H2,1H3,(H,26,31);2-8,16H,9-13H2,1H3,(H,26,31);;;/q;;;+1;-1. The summed E-state index contributed by atoms with van der Waals surface area (Å²) in [4.78, 5) is 66.1. The Morgan fingerprint density at radius 2 is 1.14 bits per heavy atom. The van der Waals surface area contributed by atoms with E-state index < -0.39 is 17.7 Å². The van der Waals surface area contributed by atoms with E-state index in [9.17, 15) is 37.9 Å². The fourth-order valence-corrected chi connectivity index (χ4v) is 7.71. The Bertz CT molecular complexity index is 2760. The van der Waals surface area contributed by atoms with Crippen molar-refractivity contribution in [1.82, 2.24) is 40.0 Å². The average Bonchev–Trinajstić information content (AvgIpc) is 4.22. The first-order valence-electron chi connectivity index (χ1n) is 20.8. The Labute approximate surface area is 415 Å². The molecule has 2 aromatic heterocycles. The maximum absolute atomic E-state index is 14.0. The molecular formula is C46H47BCl2F2N8NaO6. The van der Waals surface area contributed by atoms with Gasteiger partial charge in [0, 0.05) is 62.4 Å². The van der Waals surface area contributed by atoms with Gasteiger partial charge in [-0.25, -0.2) is 8.78 Å². The van der Waals surface area contributed by atoms with E-state index in [1.165, 1.54) is 28.6 Å². The molecule has 66 heavy (non-hydrogen) atoms. The normalized spacial score (nSPS) is 13.4. The Morgan fingerprint density at radius 3 is 1.58 bits per heavy atom. The van der Waals surface area contributed by atoms with Crippen LogP contribution in [0.25, 0.3) is 21.8 Å². The number of rotatable bonds is 16. The largest absolute Gasteiger partial charge is 1.00 e. The van der Waals surface area contributed by atoms with Gasteiger partial charge in [0.15, 0.2) is 5.78 Å². The molecule has 1 unspecified atom stereocenters. The third-order valence-corrected chi connectivity index (χ3v) is 11.5. The van der Waals surface area contributed by atoms with Crippen molar-refractivity contribution < 1.29 is 68.8 Å². The maximum Gasteiger partial charge on any atom is 1.00 e. The van der Waals surface area contributed by atoms with Crippen molar-refractivity contribution in [2.75, 3.05) is 13.1 Å². The molecule has 0 saturated heterocycles. The summed E-state index contributed by atoms with van der Waals surface area (Å²) in [6.07, 6.45) is 2.54.